The van der Waals surface area contributed by atoms with Crippen molar-refractivity contribution in [3.8, 4) is 0 Å². The number of nitrogens with zero attached hydrogens (tertiary/aromatic N) is 2. The average molecular weight is 366 g/mol. The molecule has 2 bridgehead atoms. The lowest BCUT2D eigenvalue weighted by atomic mass is 9.71. The SMILES string of the molecule is CC(=O)C1=COC[C@@H]2[C@H]1C[C@@H]1N(C=O)[C@H]2CC12C(=O)N(C)c1ccccc12. The number of para-hydroxylation sites is 1. The summed E-state index contributed by atoms with van der Waals surface area (Å²) in [5, 5.41) is 0. The first-order valence-electron chi connectivity index (χ1n) is 9.43. The van der Waals surface area contributed by atoms with Gasteiger partial charge in [-0.15, -0.1) is 0 Å². The molecule has 2 saturated heterocycles. The molecule has 2 fully saturated rings. The monoisotopic (exact) mass is 366 g/mol. The van der Waals surface area contributed by atoms with Crippen molar-refractivity contribution in [3.05, 3.63) is 41.7 Å². The maximum Gasteiger partial charge on any atom is 0.239 e. The number of benzene rings is 1. The number of fused-ring (bicyclic) bond motifs is 7. The molecular formula is C21H22N2O4. The van der Waals surface area contributed by atoms with E-state index >= 15 is 0 Å². The van der Waals surface area contributed by atoms with Crippen molar-refractivity contribution in [1.82, 2.24) is 4.90 Å². The molecule has 27 heavy (non-hydrogen) atoms. The number of hydrogen-bond donors (Lipinski definition) is 0. The lowest BCUT2D eigenvalue weighted by molar-refractivity contribution is -0.129. The fourth-order valence-corrected chi connectivity index (χ4v) is 6.04. The average Bonchev–Trinajstić information content (AvgIpc) is 3.05. The van der Waals surface area contributed by atoms with E-state index in [1.165, 1.54) is 0 Å². The molecule has 4 heterocycles. The zero-order valence-corrected chi connectivity index (χ0v) is 15.4. The number of piperidine rings is 1. The van der Waals surface area contributed by atoms with Crippen LogP contribution < -0.4 is 4.90 Å². The topological polar surface area (TPSA) is 66.9 Å². The number of carbonyl (C=O) groups is 3. The van der Waals surface area contributed by atoms with Gasteiger partial charge in [-0.05, 0) is 31.4 Å². The molecular weight excluding hydrogens is 344 g/mol. The highest BCUT2D eigenvalue weighted by molar-refractivity contribution is 6.09. The van der Waals surface area contributed by atoms with Crippen LogP contribution in [0.25, 0.3) is 0 Å². The van der Waals surface area contributed by atoms with Crippen LogP contribution in [-0.2, 0) is 24.5 Å². The van der Waals surface area contributed by atoms with Gasteiger partial charge in [0.05, 0.1) is 24.3 Å². The Balaban J connectivity index is 1.67. The fourth-order valence-electron chi connectivity index (χ4n) is 6.04. The highest BCUT2D eigenvalue weighted by Gasteiger charge is 2.67. The van der Waals surface area contributed by atoms with E-state index in [9.17, 15) is 14.4 Å². The predicted octanol–water partition coefficient (Wildman–Crippen LogP) is 1.64. The zero-order chi connectivity index (χ0) is 18.9. The summed E-state index contributed by atoms with van der Waals surface area (Å²) in [5.74, 6) is 0.136. The van der Waals surface area contributed by atoms with Crippen LogP contribution in [0.3, 0.4) is 0 Å². The number of carbonyl (C=O) groups excluding carboxylic acids is 3. The van der Waals surface area contributed by atoms with Gasteiger partial charge >= 0.3 is 0 Å². The van der Waals surface area contributed by atoms with Gasteiger partial charge in [0, 0.05) is 36.2 Å². The van der Waals surface area contributed by atoms with Crippen molar-refractivity contribution in [3.63, 3.8) is 0 Å². The fraction of sp³-hybridized carbons (Fsp3) is 0.476. The van der Waals surface area contributed by atoms with E-state index in [0.717, 1.165) is 17.7 Å². The van der Waals surface area contributed by atoms with Crippen LogP contribution in [0.5, 0.6) is 0 Å². The largest absolute Gasteiger partial charge is 0.500 e. The van der Waals surface area contributed by atoms with Crippen molar-refractivity contribution in [1.29, 1.82) is 0 Å². The van der Waals surface area contributed by atoms with Crippen molar-refractivity contribution in [2.75, 3.05) is 18.6 Å². The van der Waals surface area contributed by atoms with Crippen LogP contribution >= 0.6 is 0 Å². The highest BCUT2D eigenvalue weighted by atomic mass is 16.5. The first-order valence-corrected chi connectivity index (χ1v) is 9.43. The number of ketones is 1. The van der Waals surface area contributed by atoms with E-state index in [0.29, 0.717) is 25.0 Å². The van der Waals surface area contributed by atoms with Crippen molar-refractivity contribution in [2.24, 2.45) is 11.8 Å². The molecule has 1 unspecified atom stereocenters. The molecule has 0 aromatic heterocycles. The Morgan fingerprint density at radius 1 is 1.33 bits per heavy atom. The lowest BCUT2D eigenvalue weighted by Crippen LogP contribution is -2.55. The minimum absolute atomic E-state index is 0.00738. The Morgan fingerprint density at radius 3 is 2.85 bits per heavy atom. The predicted molar refractivity (Wildman–Crippen MR) is 97.9 cm³/mol. The number of allylic oxidation sites excluding steroid dienone is 1. The summed E-state index contributed by atoms with van der Waals surface area (Å²) in [6.45, 7) is 2.04. The van der Waals surface area contributed by atoms with Gasteiger partial charge in [0.2, 0.25) is 12.3 Å². The van der Waals surface area contributed by atoms with Gasteiger partial charge in [-0.1, -0.05) is 18.2 Å². The maximum absolute atomic E-state index is 13.5. The van der Waals surface area contributed by atoms with Gasteiger partial charge in [0.15, 0.2) is 5.78 Å². The molecule has 6 heteroatoms. The van der Waals surface area contributed by atoms with E-state index < -0.39 is 5.41 Å². The minimum atomic E-state index is -0.726. The molecule has 1 spiro atoms. The van der Waals surface area contributed by atoms with Gasteiger partial charge < -0.3 is 14.5 Å². The minimum Gasteiger partial charge on any atom is -0.500 e. The van der Waals surface area contributed by atoms with Crippen molar-refractivity contribution in [2.45, 2.75) is 37.3 Å². The Labute approximate surface area is 157 Å². The van der Waals surface area contributed by atoms with Gasteiger partial charge in [-0.3, -0.25) is 14.4 Å². The second-order valence-electron chi connectivity index (χ2n) is 8.16. The Morgan fingerprint density at radius 2 is 2.11 bits per heavy atom. The molecule has 4 aliphatic heterocycles. The summed E-state index contributed by atoms with van der Waals surface area (Å²) < 4.78 is 5.60. The third kappa shape index (κ3) is 1.88. The van der Waals surface area contributed by atoms with Crippen LogP contribution in [0, 0.1) is 11.8 Å². The number of hydrogen-bond acceptors (Lipinski definition) is 4. The highest BCUT2D eigenvalue weighted by Crippen LogP contribution is 2.59. The summed E-state index contributed by atoms with van der Waals surface area (Å²) in [6, 6.07) is 7.54. The van der Waals surface area contributed by atoms with E-state index in [1.807, 2.05) is 29.2 Å². The second kappa shape index (κ2) is 5.44. The van der Waals surface area contributed by atoms with Gasteiger partial charge in [-0.2, -0.15) is 0 Å². The molecule has 0 aliphatic carbocycles. The van der Waals surface area contributed by atoms with Gasteiger partial charge in [-0.25, -0.2) is 0 Å². The van der Waals surface area contributed by atoms with E-state index in [4.69, 9.17) is 4.74 Å². The summed E-state index contributed by atoms with van der Waals surface area (Å²) >= 11 is 0. The third-order valence-electron chi connectivity index (χ3n) is 7.19. The lowest BCUT2D eigenvalue weighted by Gasteiger charge is -2.45. The number of likely N-dealkylation sites (N-methyl/N-ethyl adjacent to an activating group) is 1. The number of amides is 2. The summed E-state index contributed by atoms with van der Waals surface area (Å²) in [5.41, 5.74) is 1.89. The molecule has 140 valence electrons. The summed E-state index contributed by atoms with van der Waals surface area (Å²) in [7, 11) is 1.81. The van der Waals surface area contributed by atoms with Crippen LogP contribution in [0.1, 0.15) is 25.3 Å². The van der Waals surface area contributed by atoms with E-state index in [-0.39, 0.29) is 35.6 Å². The zero-order valence-electron chi connectivity index (χ0n) is 15.4. The standard InChI is InChI=1S/C21H22N2O4/c1-12(25)14-9-27-10-15-13(14)7-19-21(8-18(15)23(19)11-24)16-5-3-4-6-17(16)22(2)20(21)26/h3-6,9,11,13,15,18-19H,7-8,10H2,1-2H3/t13-,15+,18-,19-,21?/m0/s1. The molecule has 1 aromatic rings. The molecule has 0 saturated carbocycles. The van der Waals surface area contributed by atoms with Crippen molar-refractivity contribution < 1.29 is 19.1 Å². The number of Topliss-reactive ketones (excluding diaryl/α,β-unsaturated/α-hetero) is 1. The Bertz CT molecular complexity index is 894. The van der Waals surface area contributed by atoms with Crippen molar-refractivity contribution >= 4 is 23.8 Å². The van der Waals surface area contributed by atoms with E-state index in [1.54, 1.807) is 25.1 Å². The molecule has 0 radical (unpaired) electrons. The number of anilines is 1. The molecule has 6 nitrogen and oxygen atoms in total. The first kappa shape index (κ1) is 16.5. The summed E-state index contributed by atoms with van der Waals surface area (Å²) in [6.07, 6.45) is 3.68. The quantitative estimate of drug-likeness (QED) is 0.747. The molecule has 4 aliphatic rings. The second-order valence-corrected chi connectivity index (χ2v) is 8.16. The van der Waals surface area contributed by atoms with Gasteiger partial charge in [0.25, 0.3) is 0 Å². The molecule has 2 amide bonds. The molecule has 5 atom stereocenters. The first-order chi connectivity index (χ1) is 13.0. The van der Waals surface area contributed by atoms with E-state index in [2.05, 4.69) is 0 Å². The smallest absolute Gasteiger partial charge is 0.239 e. The van der Waals surface area contributed by atoms with Crippen LogP contribution in [0.2, 0.25) is 0 Å². The third-order valence-corrected chi connectivity index (χ3v) is 7.19. The molecule has 0 N–H and O–H groups in total. The van der Waals surface area contributed by atoms with Crippen LogP contribution in [-0.4, -0.2) is 48.7 Å². The molecule has 1 aromatic carbocycles. The summed E-state index contributed by atoms with van der Waals surface area (Å²) in [4.78, 5) is 41.2. The Kier molecular flexibility index (Phi) is 3.33. The van der Waals surface area contributed by atoms with Crippen LogP contribution in [0.15, 0.2) is 36.1 Å². The normalized spacial score (nSPS) is 36.2. The Hall–Kier alpha value is -2.63. The molecule has 5 rings (SSSR count). The number of ether oxygens (including phenoxy) is 1. The van der Waals surface area contributed by atoms with Gasteiger partial charge in [0.1, 0.15) is 0 Å². The maximum atomic E-state index is 13.5. The number of rotatable bonds is 2. The van der Waals surface area contributed by atoms with Crippen LogP contribution in [0.4, 0.5) is 5.69 Å².